The van der Waals surface area contributed by atoms with Crippen molar-refractivity contribution in [3.8, 4) is 9.31 Å². The Labute approximate surface area is 160 Å². The summed E-state index contributed by atoms with van der Waals surface area (Å²) in [5, 5.41) is 0. The SMILES string of the molecule is CCCCCCCCCCCCc1ccc(-c2ccc(Br)[se]2)s1. The van der Waals surface area contributed by atoms with Crippen LogP contribution in [0.3, 0.4) is 0 Å². The second kappa shape index (κ2) is 11.7. The molecule has 128 valence electrons. The van der Waals surface area contributed by atoms with Crippen LogP contribution in [-0.4, -0.2) is 14.5 Å². The fourth-order valence-corrected chi connectivity index (χ4v) is 6.73. The molecular weight excluding hydrogens is 431 g/mol. The molecule has 0 saturated heterocycles. The summed E-state index contributed by atoms with van der Waals surface area (Å²) in [5.74, 6) is 0. The molecule has 0 radical (unpaired) electrons. The van der Waals surface area contributed by atoms with Gasteiger partial charge in [-0.1, -0.05) is 26.2 Å². The van der Waals surface area contributed by atoms with Gasteiger partial charge in [0.2, 0.25) is 0 Å². The molecule has 23 heavy (non-hydrogen) atoms. The number of aryl methyl sites for hydroxylation is 1. The van der Waals surface area contributed by atoms with Crippen LogP contribution in [0, 0.1) is 0 Å². The Kier molecular flexibility index (Phi) is 9.91. The molecule has 0 aromatic carbocycles. The Morgan fingerprint density at radius 1 is 0.826 bits per heavy atom. The first-order valence-electron chi connectivity index (χ1n) is 9.14. The molecule has 3 heteroatoms. The van der Waals surface area contributed by atoms with Crippen molar-refractivity contribution in [1.82, 2.24) is 0 Å². The molecule has 0 unspecified atom stereocenters. The van der Waals surface area contributed by atoms with E-state index in [-0.39, 0.29) is 0 Å². The molecule has 0 aliphatic heterocycles. The van der Waals surface area contributed by atoms with E-state index < -0.39 is 0 Å². The minimum atomic E-state index is 0.499. The van der Waals surface area contributed by atoms with E-state index in [0.29, 0.717) is 14.5 Å². The first-order chi connectivity index (χ1) is 11.3. The second-order valence-electron chi connectivity index (χ2n) is 6.30. The summed E-state index contributed by atoms with van der Waals surface area (Å²) in [7, 11) is 0. The van der Waals surface area contributed by atoms with Gasteiger partial charge in [0.05, 0.1) is 0 Å². The molecule has 0 aliphatic carbocycles. The average Bonchev–Trinajstić information content (AvgIpc) is 3.18. The zero-order valence-corrected chi connectivity index (χ0v) is 18.4. The van der Waals surface area contributed by atoms with Crippen LogP contribution in [-0.2, 0) is 6.42 Å². The van der Waals surface area contributed by atoms with E-state index in [1.165, 1.54) is 83.3 Å². The fraction of sp³-hybridized carbons (Fsp3) is 0.600. The maximum absolute atomic E-state index is 3.61. The van der Waals surface area contributed by atoms with Crippen molar-refractivity contribution < 1.29 is 0 Å². The molecule has 0 atom stereocenters. The van der Waals surface area contributed by atoms with E-state index in [1.807, 2.05) is 11.3 Å². The van der Waals surface area contributed by atoms with Crippen molar-refractivity contribution in [2.45, 2.75) is 77.6 Å². The zero-order valence-electron chi connectivity index (χ0n) is 14.3. The van der Waals surface area contributed by atoms with E-state index in [4.69, 9.17) is 0 Å². The summed E-state index contributed by atoms with van der Waals surface area (Å²) >= 11 is 6.12. The molecule has 2 heterocycles. The molecule has 0 spiro atoms. The van der Waals surface area contributed by atoms with Gasteiger partial charge in [0, 0.05) is 0 Å². The van der Waals surface area contributed by atoms with Gasteiger partial charge in [-0.2, -0.15) is 0 Å². The third-order valence-corrected chi connectivity index (χ3v) is 8.73. The average molecular weight is 460 g/mol. The molecular formula is C20H29BrSSe. The summed E-state index contributed by atoms with van der Waals surface area (Å²) in [6, 6.07) is 9.15. The topological polar surface area (TPSA) is 0 Å². The molecule has 0 nitrogen and oxygen atoms in total. The van der Waals surface area contributed by atoms with Crippen LogP contribution in [0.4, 0.5) is 0 Å². The first kappa shape index (κ1) is 19.5. The third-order valence-electron chi connectivity index (χ3n) is 4.25. The van der Waals surface area contributed by atoms with Gasteiger partial charge in [0.15, 0.2) is 0 Å². The maximum atomic E-state index is 3.61. The van der Waals surface area contributed by atoms with Crippen LogP contribution in [0.5, 0.6) is 0 Å². The number of unbranched alkanes of at least 4 members (excludes halogenated alkanes) is 9. The molecule has 2 rings (SSSR count). The van der Waals surface area contributed by atoms with E-state index in [0.717, 1.165) is 0 Å². The Morgan fingerprint density at radius 3 is 2.09 bits per heavy atom. The van der Waals surface area contributed by atoms with Gasteiger partial charge >= 0.3 is 135 Å². The van der Waals surface area contributed by atoms with Crippen LogP contribution >= 0.6 is 27.3 Å². The van der Waals surface area contributed by atoms with Crippen molar-refractivity contribution in [3.05, 3.63) is 32.5 Å². The summed E-state index contributed by atoms with van der Waals surface area (Å²) in [5.41, 5.74) is 0. The van der Waals surface area contributed by atoms with Gasteiger partial charge in [-0.15, -0.1) is 0 Å². The molecule has 0 fully saturated rings. The van der Waals surface area contributed by atoms with Gasteiger partial charge in [0.1, 0.15) is 0 Å². The van der Waals surface area contributed by atoms with Crippen LogP contribution in [0.15, 0.2) is 27.6 Å². The number of thiophene rings is 1. The number of hydrogen-bond donors (Lipinski definition) is 0. The van der Waals surface area contributed by atoms with Gasteiger partial charge < -0.3 is 0 Å². The van der Waals surface area contributed by atoms with Crippen molar-refractivity contribution in [2.75, 3.05) is 0 Å². The van der Waals surface area contributed by atoms with Crippen LogP contribution in [0.2, 0.25) is 0 Å². The monoisotopic (exact) mass is 460 g/mol. The molecule has 0 bridgehead atoms. The van der Waals surface area contributed by atoms with Crippen LogP contribution in [0.25, 0.3) is 9.31 Å². The summed E-state index contributed by atoms with van der Waals surface area (Å²) in [6.07, 6.45) is 15.5. The minimum absolute atomic E-state index is 0.499. The molecule has 2 aromatic rings. The number of rotatable bonds is 12. The Balaban J connectivity index is 1.53. The molecule has 0 aliphatic rings. The Hall–Kier alpha value is 0.179. The number of hydrogen-bond acceptors (Lipinski definition) is 1. The zero-order chi connectivity index (χ0) is 16.3. The van der Waals surface area contributed by atoms with Crippen molar-refractivity contribution >= 4 is 41.8 Å². The summed E-state index contributed by atoms with van der Waals surface area (Å²) in [4.78, 5) is 3.05. The predicted molar refractivity (Wildman–Crippen MR) is 110 cm³/mol. The first-order valence-corrected chi connectivity index (χ1v) is 12.5. The number of halogens is 1. The molecule has 0 saturated carbocycles. The van der Waals surface area contributed by atoms with E-state index in [9.17, 15) is 0 Å². The van der Waals surface area contributed by atoms with E-state index in [1.54, 1.807) is 4.88 Å². The van der Waals surface area contributed by atoms with Gasteiger partial charge in [-0.05, 0) is 0 Å². The van der Waals surface area contributed by atoms with Gasteiger partial charge in [0.25, 0.3) is 0 Å². The van der Waals surface area contributed by atoms with Crippen molar-refractivity contribution in [3.63, 3.8) is 0 Å². The van der Waals surface area contributed by atoms with Gasteiger partial charge in [-0.25, -0.2) is 0 Å². The third kappa shape index (κ3) is 7.73. The van der Waals surface area contributed by atoms with Crippen LogP contribution < -0.4 is 0 Å². The molecule has 2 aromatic heterocycles. The summed E-state index contributed by atoms with van der Waals surface area (Å²) in [6.45, 7) is 2.29. The molecule has 0 N–H and O–H groups in total. The quantitative estimate of drug-likeness (QED) is 0.225. The Bertz CT molecular complexity index is 543. The Morgan fingerprint density at radius 2 is 1.48 bits per heavy atom. The second-order valence-corrected chi connectivity index (χ2v) is 11.8. The molecule has 0 amide bonds. The fourth-order valence-electron chi connectivity index (χ4n) is 2.88. The standard InChI is InChI=1S/C20H29BrSSe/c1-2-3-4-5-6-7-8-9-10-11-12-17-13-14-18(22-17)19-15-16-20(21)23-19/h13-16H,2-12H2,1H3. The van der Waals surface area contributed by atoms with Crippen molar-refractivity contribution in [1.29, 1.82) is 0 Å². The van der Waals surface area contributed by atoms with Crippen LogP contribution in [0.1, 0.15) is 76.0 Å². The van der Waals surface area contributed by atoms with Crippen molar-refractivity contribution in [2.24, 2.45) is 0 Å². The van der Waals surface area contributed by atoms with Gasteiger partial charge in [-0.3, -0.25) is 0 Å². The summed E-state index contributed by atoms with van der Waals surface area (Å²) < 4.78 is 2.90. The predicted octanol–water partition coefficient (Wildman–Crippen LogP) is 7.70. The normalized spacial score (nSPS) is 11.2. The van der Waals surface area contributed by atoms with E-state index in [2.05, 4.69) is 47.1 Å². The van der Waals surface area contributed by atoms with E-state index >= 15 is 0 Å².